The molecule has 0 amide bonds. The smallest absolute Gasteiger partial charge is 0.0165 e. The minimum absolute atomic E-state index is 0.143. The van der Waals surface area contributed by atoms with Crippen LogP contribution in [-0.2, 0) is 5.41 Å². The van der Waals surface area contributed by atoms with Gasteiger partial charge in [0, 0.05) is 5.41 Å². The van der Waals surface area contributed by atoms with Gasteiger partial charge in [-0.15, -0.1) is 0 Å². The van der Waals surface area contributed by atoms with Gasteiger partial charge in [0.1, 0.15) is 0 Å². The average molecular weight is 749 g/mol. The van der Waals surface area contributed by atoms with E-state index in [1.807, 2.05) is 0 Å². The van der Waals surface area contributed by atoms with Crippen molar-refractivity contribution in [2.24, 2.45) is 0 Å². The molecule has 0 radical (unpaired) electrons. The predicted molar refractivity (Wildman–Crippen MR) is 253 cm³/mol. The molecule has 0 N–H and O–H groups in total. The molecule has 0 aromatic heterocycles. The number of fused-ring (bicyclic) bond motifs is 10. The number of benzene rings is 11. The maximum absolute atomic E-state index is 2.44. The molecule has 0 saturated carbocycles. The summed E-state index contributed by atoms with van der Waals surface area (Å²) >= 11 is 0. The molecular weight excluding hydrogens is 709 g/mol. The molecule has 0 spiro atoms. The van der Waals surface area contributed by atoms with Crippen molar-refractivity contribution in [3.05, 3.63) is 217 Å². The standard InChI is InChI=1S/C59H40/c1-59(2)54-33-32-37-16-3-6-23-44(37)57(54)52-31-15-30-45(58(52)59)38-18-13-20-41(34-38)55-48-26-9-11-28-50(48)56(51-29-12-10-27-49(51)55)42-21-14-19-39(35-42)53-36-40-17-4-5-22-43(40)46-24-7-8-25-47(46)53/h3-36H,1-2H3. The quantitative estimate of drug-likeness (QED) is 0.124. The largest absolute Gasteiger partial charge is 0.0616 e. The lowest BCUT2D eigenvalue weighted by molar-refractivity contribution is 0.662. The second-order valence-electron chi connectivity index (χ2n) is 16.8. The third-order valence-corrected chi connectivity index (χ3v) is 13.2. The van der Waals surface area contributed by atoms with Gasteiger partial charge in [-0.05, 0) is 139 Å². The molecule has 276 valence electrons. The normalized spacial score (nSPS) is 13.1. The molecule has 0 saturated heterocycles. The molecular formula is C59H40. The van der Waals surface area contributed by atoms with E-state index < -0.39 is 0 Å². The van der Waals surface area contributed by atoms with Crippen LogP contribution in [0.25, 0.3) is 109 Å². The van der Waals surface area contributed by atoms with E-state index in [9.17, 15) is 0 Å². The molecule has 0 fully saturated rings. The summed E-state index contributed by atoms with van der Waals surface area (Å²) in [7, 11) is 0. The maximum atomic E-state index is 2.44. The van der Waals surface area contributed by atoms with Gasteiger partial charge in [-0.2, -0.15) is 0 Å². The second kappa shape index (κ2) is 12.9. The third-order valence-electron chi connectivity index (χ3n) is 13.2. The zero-order valence-electron chi connectivity index (χ0n) is 33.1. The molecule has 0 aliphatic heterocycles. The van der Waals surface area contributed by atoms with Crippen LogP contribution in [0.3, 0.4) is 0 Å². The Morgan fingerprint density at radius 1 is 0.271 bits per heavy atom. The van der Waals surface area contributed by atoms with E-state index in [1.165, 1.54) is 121 Å². The van der Waals surface area contributed by atoms with E-state index in [1.54, 1.807) is 0 Å². The highest BCUT2D eigenvalue weighted by Gasteiger charge is 2.38. The Morgan fingerprint density at radius 3 is 1.36 bits per heavy atom. The zero-order valence-corrected chi connectivity index (χ0v) is 33.1. The summed E-state index contributed by atoms with van der Waals surface area (Å²) < 4.78 is 0. The maximum Gasteiger partial charge on any atom is 0.0165 e. The molecule has 1 aliphatic carbocycles. The molecule has 12 rings (SSSR count). The van der Waals surface area contributed by atoms with Crippen LogP contribution < -0.4 is 0 Å². The number of rotatable bonds is 4. The van der Waals surface area contributed by atoms with Gasteiger partial charge in [-0.3, -0.25) is 0 Å². The van der Waals surface area contributed by atoms with Crippen LogP contribution >= 0.6 is 0 Å². The summed E-state index contributed by atoms with van der Waals surface area (Å²) in [5.41, 5.74) is 15.4. The SMILES string of the molecule is CC1(C)c2ccc3ccccc3c2-c2cccc(-c3cccc(-c4c5ccccc5c(-c5cccc(-c6cc7ccccc7c7ccccc67)c5)c5ccccc45)c3)c21. The summed E-state index contributed by atoms with van der Waals surface area (Å²) in [4.78, 5) is 0. The average Bonchev–Trinajstić information content (AvgIpc) is 3.54. The molecule has 0 bridgehead atoms. The molecule has 1 aliphatic rings. The van der Waals surface area contributed by atoms with Gasteiger partial charge in [0.2, 0.25) is 0 Å². The van der Waals surface area contributed by atoms with E-state index >= 15 is 0 Å². The van der Waals surface area contributed by atoms with Crippen molar-refractivity contribution >= 4 is 53.9 Å². The Kier molecular flexibility index (Phi) is 7.38. The fraction of sp³-hybridized carbons (Fsp3) is 0.0508. The fourth-order valence-electron chi connectivity index (χ4n) is 10.6. The van der Waals surface area contributed by atoms with Crippen molar-refractivity contribution in [3.63, 3.8) is 0 Å². The topological polar surface area (TPSA) is 0 Å². The Morgan fingerprint density at radius 2 is 0.729 bits per heavy atom. The summed E-state index contributed by atoms with van der Waals surface area (Å²) in [6.45, 7) is 4.80. The second-order valence-corrected chi connectivity index (χ2v) is 16.8. The van der Waals surface area contributed by atoms with Crippen molar-refractivity contribution in [1.29, 1.82) is 0 Å². The number of hydrogen-bond acceptors (Lipinski definition) is 0. The van der Waals surface area contributed by atoms with Crippen LogP contribution in [0, 0.1) is 0 Å². The van der Waals surface area contributed by atoms with E-state index in [0.717, 1.165) is 0 Å². The molecule has 59 heavy (non-hydrogen) atoms. The first-order valence-corrected chi connectivity index (χ1v) is 20.8. The van der Waals surface area contributed by atoms with Crippen molar-refractivity contribution < 1.29 is 0 Å². The fourth-order valence-corrected chi connectivity index (χ4v) is 10.6. The van der Waals surface area contributed by atoms with Gasteiger partial charge in [-0.25, -0.2) is 0 Å². The molecule has 0 nitrogen and oxygen atoms in total. The van der Waals surface area contributed by atoms with Gasteiger partial charge in [0.05, 0.1) is 0 Å². The highest BCUT2D eigenvalue weighted by molar-refractivity contribution is 6.22. The Bertz CT molecular complexity index is 3470. The van der Waals surface area contributed by atoms with Gasteiger partial charge < -0.3 is 0 Å². The summed E-state index contributed by atoms with van der Waals surface area (Å²) in [5, 5.41) is 12.8. The van der Waals surface area contributed by atoms with Crippen molar-refractivity contribution in [2.45, 2.75) is 19.3 Å². The molecule has 0 heteroatoms. The first-order valence-electron chi connectivity index (χ1n) is 20.8. The summed E-state index contributed by atoms with van der Waals surface area (Å²) in [5.74, 6) is 0. The molecule has 0 atom stereocenters. The van der Waals surface area contributed by atoms with E-state index in [-0.39, 0.29) is 5.41 Å². The predicted octanol–water partition coefficient (Wildman–Crippen LogP) is 16.4. The molecule has 11 aromatic rings. The Hall–Kier alpha value is -7.28. The third kappa shape index (κ3) is 5.03. The summed E-state index contributed by atoms with van der Waals surface area (Å²) in [6.07, 6.45) is 0. The minimum Gasteiger partial charge on any atom is -0.0616 e. The van der Waals surface area contributed by atoms with E-state index in [0.29, 0.717) is 0 Å². The van der Waals surface area contributed by atoms with Crippen molar-refractivity contribution in [1.82, 2.24) is 0 Å². The Labute approximate surface area is 344 Å². The lowest BCUT2D eigenvalue weighted by Crippen LogP contribution is -2.16. The lowest BCUT2D eigenvalue weighted by Gasteiger charge is -2.25. The first kappa shape index (κ1) is 33.8. The number of hydrogen-bond donors (Lipinski definition) is 0. The van der Waals surface area contributed by atoms with Gasteiger partial charge >= 0.3 is 0 Å². The highest BCUT2D eigenvalue weighted by atomic mass is 14.4. The summed E-state index contributed by atoms with van der Waals surface area (Å²) in [6, 6.07) is 76.9. The van der Waals surface area contributed by atoms with Crippen LogP contribution in [0.5, 0.6) is 0 Å². The Balaban J connectivity index is 1.05. The minimum atomic E-state index is -0.143. The van der Waals surface area contributed by atoms with Crippen LogP contribution in [0.15, 0.2) is 206 Å². The first-order chi connectivity index (χ1) is 29.0. The van der Waals surface area contributed by atoms with Crippen molar-refractivity contribution in [2.75, 3.05) is 0 Å². The molecule has 0 heterocycles. The molecule has 0 unspecified atom stereocenters. The van der Waals surface area contributed by atoms with Crippen LogP contribution in [-0.4, -0.2) is 0 Å². The zero-order chi connectivity index (χ0) is 39.2. The van der Waals surface area contributed by atoms with Gasteiger partial charge in [-0.1, -0.05) is 202 Å². The van der Waals surface area contributed by atoms with Gasteiger partial charge in [0.25, 0.3) is 0 Å². The van der Waals surface area contributed by atoms with E-state index in [2.05, 4.69) is 220 Å². The van der Waals surface area contributed by atoms with Crippen LogP contribution in [0.2, 0.25) is 0 Å². The highest BCUT2D eigenvalue weighted by Crippen LogP contribution is 2.55. The molecule has 11 aromatic carbocycles. The van der Waals surface area contributed by atoms with Crippen LogP contribution in [0.4, 0.5) is 0 Å². The lowest BCUT2D eigenvalue weighted by atomic mass is 9.78. The van der Waals surface area contributed by atoms with Crippen LogP contribution in [0.1, 0.15) is 25.0 Å². The van der Waals surface area contributed by atoms with Crippen molar-refractivity contribution in [3.8, 4) is 55.6 Å². The van der Waals surface area contributed by atoms with E-state index in [4.69, 9.17) is 0 Å². The van der Waals surface area contributed by atoms with Gasteiger partial charge in [0.15, 0.2) is 0 Å². The monoisotopic (exact) mass is 748 g/mol.